The normalized spacial score (nSPS) is 20.9. The predicted molar refractivity (Wildman–Crippen MR) is 102 cm³/mol. The van der Waals surface area contributed by atoms with Crippen molar-refractivity contribution in [3.05, 3.63) is 24.4 Å². The van der Waals surface area contributed by atoms with Gasteiger partial charge in [-0.2, -0.15) is 0 Å². The van der Waals surface area contributed by atoms with Crippen molar-refractivity contribution in [3.8, 4) is 0 Å². The van der Waals surface area contributed by atoms with Gasteiger partial charge < -0.3 is 14.9 Å². The molecule has 1 amide bonds. The third-order valence-electron chi connectivity index (χ3n) is 4.45. The van der Waals surface area contributed by atoms with Gasteiger partial charge in [-0.25, -0.2) is 4.98 Å². The van der Waals surface area contributed by atoms with Gasteiger partial charge in [0.05, 0.1) is 11.8 Å². The van der Waals surface area contributed by atoms with E-state index in [1.807, 2.05) is 37.1 Å². The number of likely N-dealkylation sites (N-methyl/N-ethyl adjacent to an activating group) is 1. The van der Waals surface area contributed by atoms with Crippen molar-refractivity contribution in [2.24, 2.45) is 11.8 Å². The van der Waals surface area contributed by atoms with Gasteiger partial charge in [0.25, 0.3) is 0 Å². The van der Waals surface area contributed by atoms with Crippen LogP contribution in [0.15, 0.2) is 29.4 Å². The van der Waals surface area contributed by atoms with Crippen LogP contribution in [0, 0.1) is 11.8 Å². The van der Waals surface area contributed by atoms with Gasteiger partial charge in [0, 0.05) is 37.6 Å². The molecule has 2 rings (SSSR count). The van der Waals surface area contributed by atoms with Gasteiger partial charge in [-0.1, -0.05) is 23.8 Å². The Balaban J connectivity index is 2.02. The van der Waals surface area contributed by atoms with Crippen LogP contribution in [0.1, 0.15) is 13.8 Å². The second kappa shape index (κ2) is 9.45. The summed E-state index contributed by atoms with van der Waals surface area (Å²) in [5.41, 5.74) is 0. The van der Waals surface area contributed by atoms with Gasteiger partial charge >= 0.3 is 5.97 Å². The van der Waals surface area contributed by atoms with E-state index < -0.39 is 17.8 Å². The number of aliphatic carboxylic acids is 1. The molecule has 0 aliphatic carbocycles. The van der Waals surface area contributed by atoms with Crippen LogP contribution in [0.25, 0.3) is 0 Å². The highest BCUT2D eigenvalue weighted by Crippen LogP contribution is 2.33. The number of aromatic nitrogens is 1. The number of carboxylic acid groups (broad SMARTS) is 1. The maximum absolute atomic E-state index is 13.0. The molecular weight excluding hydrogens is 358 g/mol. The Labute approximate surface area is 156 Å². The molecule has 1 aromatic rings. The molecule has 8 heteroatoms. The predicted octanol–water partition coefficient (Wildman–Crippen LogP) is 2.32. The summed E-state index contributed by atoms with van der Waals surface area (Å²) in [6.07, 6.45) is 1.72. The molecule has 0 bridgehead atoms. The average molecular weight is 384 g/mol. The fourth-order valence-electron chi connectivity index (χ4n) is 2.85. The molecule has 0 saturated carbocycles. The van der Waals surface area contributed by atoms with Crippen molar-refractivity contribution < 1.29 is 14.7 Å². The number of rotatable bonds is 7. The van der Waals surface area contributed by atoms with E-state index in [-0.39, 0.29) is 11.9 Å². The van der Waals surface area contributed by atoms with Gasteiger partial charge in [-0.15, -0.1) is 0 Å². The minimum Gasteiger partial charge on any atom is -0.481 e. The summed E-state index contributed by atoms with van der Waals surface area (Å²) in [5, 5.41) is 10.3. The molecular formula is C17H25N3O3S2. The minimum absolute atomic E-state index is 0.0513. The Morgan fingerprint density at radius 3 is 2.76 bits per heavy atom. The quantitative estimate of drug-likeness (QED) is 0.724. The molecule has 0 aromatic carbocycles. The smallest absolute Gasteiger partial charge is 0.307 e. The number of hydrogen-bond donors (Lipinski definition) is 1. The van der Waals surface area contributed by atoms with Crippen LogP contribution in [-0.4, -0.2) is 70.2 Å². The lowest BCUT2D eigenvalue weighted by molar-refractivity contribution is -0.150. The van der Waals surface area contributed by atoms with E-state index in [1.165, 1.54) is 21.6 Å². The Morgan fingerprint density at radius 1 is 1.40 bits per heavy atom. The van der Waals surface area contributed by atoms with Gasteiger partial charge in [-0.05, 0) is 36.9 Å². The number of carboxylic acids is 1. The lowest BCUT2D eigenvalue weighted by Crippen LogP contribution is -2.55. The maximum Gasteiger partial charge on any atom is 0.307 e. The second-order valence-corrected chi connectivity index (χ2v) is 8.77. The van der Waals surface area contributed by atoms with Crippen molar-refractivity contribution in [1.82, 2.24) is 14.8 Å². The molecule has 0 spiro atoms. The van der Waals surface area contributed by atoms with Crippen molar-refractivity contribution in [2.45, 2.75) is 24.9 Å². The number of pyridine rings is 1. The zero-order valence-corrected chi connectivity index (χ0v) is 16.4. The number of piperazine rings is 1. The molecule has 6 nitrogen and oxygen atoms in total. The Morgan fingerprint density at radius 2 is 2.16 bits per heavy atom. The Bertz CT molecular complexity index is 588. The van der Waals surface area contributed by atoms with Crippen LogP contribution in [0.4, 0.5) is 0 Å². The average Bonchev–Trinajstić information content (AvgIpc) is 2.58. The highest BCUT2D eigenvalue weighted by molar-refractivity contribution is 8.76. The molecule has 138 valence electrons. The first-order chi connectivity index (χ1) is 11.9. The molecule has 2 heterocycles. The van der Waals surface area contributed by atoms with Gasteiger partial charge in [0.2, 0.25) is 5.91 Å². The summed E-state index contributed by atoms with van der Waals surface area (Å²) in [7, 11) is 5.00. The SMILES string of the molecule is CC(C(=O)O)C(CSSc1ccccn1)C(=O)N1CCN(C)CC1C. The first-order valence-electron chi connectivity index (χ1n) is 8.32. The van der Waals surface area contributed by atoms with Crippen LogP contribution >= 0.6 is 21.6 Å². The zero-order valence-electron chi connectivity index (χ0n) is 14.8. The monoisotopic (exact) mass is 383 g/mol. The fourth-order valence-corrected chi connectivity index (χ4v) is 5.15. The molecule has 1 aromatic heterocycles. The van der Waals surface area contributed by atoms with E-state index in [4.69, 9.17) is 0 Å². The molecule has 1 N–H and O–H groups in total. The fraction of sp³-hybridized carbons (Fsp3) is 0.588. The van der Waals surface area contributed by atoms with E-state index in [2.05, 4.69) is 9.88 Å². The zero-order chi connectivity index (χ0) is 18.4. The maximum atomic E-state index is 13.0. The van der Waals surface area contributed by atoms with E-state index in [1.54, 1.807) is 13.1 Å². The number of carbonyl (C=O) groups is 2. The van der Waals surface area contributed by atoms with Crippen molar-refractivity contribution in [3.63, 3.8) is 0 Å². The molecule has 25 heavy (non-hydrogen) atoms. The van der Waals surface area contributed by atoms with E-state index in [9.17, 15) is 14.7 Å². The molecule has 1 aliphatic rings. The second-order valence-electron chi connectivity index (χ2n) is 6.41. The summed E-state index contributed by atoms with van der Waals surface area (Å²) < 4.78 is 0. The van der Waals surface area contributed by atoms with Crippen LogP contribution < -0.4 is 0 Å². The number of carbonyl (C=O) groups excluding carboxylic acids is 1. The first-order valence-corrected chi connectivity index (χ1v) is 10.6. The molecule has 1 aliphatic heterocycles. The topological polar surface area (TPSA) is 73.7 Å². The summed E-state index contributed by atoms with van der Waals surface area (Å²) in [4.78, 5) is 32.8. The summed E-state index contributed by atoms with van der Waals surface area (Å²) in [6, 6.07) is 5.76. The summed E-state index contributed by atoms with van der Waals surface area (Å²) >= 11 is 0. The minimum atomic E-state index is -0.927. The number of nitrogens with zero attached hydrogens (tertiary/aromatic N) is 3. The number of hydrogen-bond acceptors (Lipinski definition) is 6. The Hall–Kier alpha value is -1.25. The standard InChI is InChI=1S/C17H25N3O3S2/c1-12-10-19(3)8-9-20(12)16(21)14(13(2)17(22)23)11-24-25-15-6-4-5-7-18-15/h4-7,12-14H,8-11H2,1-3H3,(H,22,23). The Kier molecular flexibility index (Phi) is 7.58. The van der Waals surface area contributed by atoms with Gasteiger partial charge in [-0.3, -0.25) is 9.59 Å². The lowest BCUT2D eigenvalue weighted by atomic mass is 9.93. The summed E-state index contributed by atoms with van der Waals surface area (Å²) in [6.45, 7) is 5.93. The number of amides is 1. The van der Waals surface area contributed by atoms with Crippen LogP contribution in [0.3, 0.4) is 0 Å². The molecule has 0 radical (unpaired) electrons. The lowest BCUT2D eigenvalue weighted by Gasteiger charge is -2.40. The molecule has 1 saturated heterocycles. The molecule has 3 unspecified atom stereocenters. The first kappa shape index (κ1) is 20.1. The van der Waals surface area contributed by atoms with E-state index >= 15 is 0 Å². The molecule has 1 fully saturated rings. The van der Waals surface area contributed by atoms with Crippen molar-refractivity contribution in [1.29, 1.82) is 0 Å². The van der Waals surface area contributed by atoms with Crippen molar-refractivity contribution in [2.75, 3.05) is 32.4 Å². The van der Waals surface area contributed by atoms with Crippen LogP contribution in [-0.2, 0) is 9.59 Å². The third kappa shape index (κ3) is 5.62. The molecule has 3 atom stereocenters. The highest BCUT2D eigenvalue weighted by atomic mass is 33.1. The van der Waals surface area contributed by atoms with E-state index in [0.29, 0.717) is 12.3 Å². The van der Waals surface area contributed by atoms with Gasteiger partial charge in [0.1, 0.15) is 5.03 Å². The van der Waals surface area contributed by atoms with E-state index in [0.717, 1.165) is 18.1 Å². The summed E-state index contributed by atoms with van der Waals surface area (Å²) in [5.74, 6) is -1.78. The van der Waals surface area contributed by atoms with Crippen molar-refractivity contribution >= 4 is 33.5 Å². The third-order valence-corrected chi connectivity index (χ3v) is 6.75. The van der Waals surface area contributed by atoms with Gasteiger partial charge in [0.15, 0.2) is 0 Å². The van der Waals surface area contributed by atoms with Crippen LogP contribution in [0.5, 0.6) is 0 Å². The highest BCUT2D eigenvalue weighted by Gasteiger charge is 2.36. The largest absolute Gasteiger partial charge is 0.481 e. The van der Waals surface area contributed by atoms with Crippen LogP contribution in [0.2, 0.25) is 0 Å².